The molecule has 0 saturated heterocycles. The number of ether oxygens (including phenoxy) is 2. The third-order valence-electron chi connectivity index (χ3n) is 5.92. The van der Waals surface area contributed by atoms with Gasteiger partial charge in [-0.15, -0.1) is 0 Å². The van der Waals surface area contributed by atoms with Gasteiger partial charge in [0.05, 0.1) is 23.2 Å². The smallest absolute Gasteiger partial charge is 0.340 e. The Balaban J connectivity index is 1.81. The monoisotopic (exact) mass is 436 g/mol. The molecule has 0 spiro atoms. The number of nitrogens with zero attached hydrogens (tertiary/aromatic N) is 1. The number of nitrogens with one attached hydrogen (secondary N) is 1. The molecule has 32 heavy (non-hydrogen) atoms. The van der Waals surface area contributed by atoms with Gasteiger partial charge in [0, 0.05) is 17.7 Å². The predicted molar refractivity (Wildman–Crippen MR) is 118 cm³/mol. The van der Waals surface area contributed by atoms with E-state index < -0.39 is 22.9 Å². The van der Waals surface area contributed by atoms with Crippen LogP contribution < -0.4 is 10.1 Å². The molecule has 1 aliphatic heterocycles. The second-order valence-electron chi connectivity index (χ2n) is 7.92. The number of hydrogen-bond acceptors (Lipinski definition) is 6. The van der Waals surface area contributed by atoms with Crippen LogP contribution in [0.25, 0.3) is 11.1 Å². The molecule has 1 unspecified atom stereocenters. The quantitative estimate of drug-likeness (QED) is 0.418. The largest absolute Gasteiger partial charge is 0.497 e. The van der Waals surface area contributed by atoms with E-state index in [1.807, 2.05) is 0 Å². The molecule has 2 aromatic rings. The SMILES string of the molecule is COc1ccc(C2=C(c3ccccc3[N+](=O)[O-])C(=O)OC2C(=O)NC2CCCCC2)cc1. The highest BCUT2D eigenvalue weighted by molar-refractivity contribution is 6.31. The summed E-state index contributed by atoms with van der Waals surface area (Å²) in [5.41, 5.74) is 0.820. The van der Waals surface area contributed by atoms with Crippen molar-refractivity contribution in [1.29, 1.82) is 0 Å². The number of nitro groups is 1. The minimum Gasteiger partial charge on any atom is -0.497 e. The van der Waals surface area contributed by atoms with Gasteiger partial charge in [0.25, 0.3) is 11.6 Å². The zero-order valence-corrected chi connectivity index (χ0v) is 17.7. The van der Waals surface area contributed by atoms with E-state index in [0.29, 0.717) is 16.9 Å². The summed E-state index contributed by atoms with van der Waals surface area (Å²) in [4.78, 5) is 37.2. The van der Waals surface area contributed by atoms with Crippen LogP contribution in [0.1, 0.15) is 43.2 Å². The van der Waals surface area contributed by atoms with E-state index in [4.69, 9.17) is 9.47 Å². The number of cyclic esters (lactones) is 1. The molecule has 0 aromatic heterocycles. The first-order chi connectivity index (χ1) is 15.5. The zero-order chi connectivity index (χ0) is 22.7. The summed E-state index contributed by atoms with van der Waals surface area (Å²) in [6.07, 6.45) is 3.79. The predicted octanol–water partition coefficient (Wildman–Crippen LogP) is 3.89. The Kier molecular flexibility index (Phi) is 6.20. The van der Waals surface area contributed by atoms with Gasteiger partial charge in [0.1, 0.15) is 5.75 Å². The van der Waals surface area contributed by atoms with Gasteiger partial charge in [-0.05, 0) is 36.6 Å². The van der Waals surface area contributed by atoms with Gasteiger partial charge in [0.2, 0.25) is 6.10 Å². The number of amides is 1. The maximum absolute atomic E-state index is 13.2. The second-order valence-corrected chi connectivity index (χ2v) is 7.92. The Morgan fingerprint density at radius 1 is 1.09 bits per heavy atom. The molecule has 0 bridgehead atoms. The molecule has 8 nitrogen and oxygen atoms in total. The molecule has 2 aromatic carbocycles. The third kappa shape index (κ3) is 4.21. The van der Waals surface area contributed by atoms with Gasteiger partial charge >= 0.3 is 5.97 Å². The average molecular weight is 436 g/mol. The molecule has 0 radical (unpaired) electrons. The molecular weight excluding hydrogens is 412 g/mol. The van der Waals surface area contributed by atoms with E-state index in [-0.39, 0.29) is 22.9 Å². The fraction of sp³-hybridized carbons (Fsp3) is 0.333. The van der Waals surface area contributed by atoms with Crippen LogP contribution in [-0.2, 0) is 14.3 Å². The summed E-state index contributed by atoms with van der Waals surface area (Å²) < 4.78 is 10.7. The van der Waals surface area contributed by atoms with Crippen LogP contribution in [-0.4, -0.2) is 36.1 Å². The molecule has 1 amide bonds. The van der Waals surface area contributed by atoms with E-state index in [1.165, 1.54) is 25.3 Å². The summed E-state index contributed by atoms with van der Waals surface area (Å²) >= 11 is 0. The molecule has 1 heterocycles. The van der Waals surface area contributed by atoms with Crippen molar-refractivity contribution in [3.63, 3.8) is 0 Å². The number of benzene rings is 2. The second kappa shape index (κ2) is 9.21. The van der Waals surface area contributed by atoms with Crippen molar-refractivity contribution in [2.75, 3.05) is 7.11 Å². The van der Waals surface area contributed by atoms with Gasteiger partial charge < -0.3 is 14.8 Å². The maximum Gasteiger partial charge on any atom is 0.340 e. The molecule has 1 atom stereocenters. The summed E-state index contributed by atoms with van der Waals surface area (Å²) in [5, 5.41) is 14.6. The number of hydrogen-bond donors (Lipinski definition) is 1. The van der Waals surface area contributed by atoms with E-state index >= 15 is 0 Å². The fourth-order valence-electron chi connectivity index (χ4n) is 4.34. The van der Waals surface area contributed by atoms with Crippen molar-refractivity contribution in [2.45, 2.75) is 44.2 Å². The summed E-state index contributed by atoms with van der Waals surface area (Å²) in [6, 6.07) is 12.8. The van der Waals surface area contributed by atoms with Gasteiger partial charge in [-0.1, -0.05) is 43.5 Å². The normalized spacial score (nSPS) is 18.9. The zero-order valence-electron chi connectivity index (χ0n) is 17.7. The highest BCUT2D eigenvalue weighted by atomic mass is 16.6. The first-order valence-electron chi connectivity index (χ1n) is 10.6. The highest BCUT2D eigenvalue weighted by Crippen LogP contribution is 2.41. The van der Waals surface area contributed by atoms with Crippen LogP contribution in [0.5, 0.6) is 5.75 Å². The number of esters is 1. The lowest BCUT2D eigenvalue weighted by Crippen LogP contribution is -2.43. The average Bonchev–Trinajstić information content (AvgIpc) is 3.16. The first kappa shape index (κ1) is 21.5. The number of methoxy groups -OCH3 is 1. The Morgan fingerprint density at radius 3 is 2.44 bits per heavy atom. The Labute approximate surface area is 185 Å². The van der Waals surface area contributed by atoms with Crippen molar-refractivity contribution in [2.24, 2.45) is 0 Å². The molecule has 2 aliphatic rings. The maximum atomic E-state index is 13.2. The number of carbonyl (C=O) groups is 2. The number of nitro benzene ring substituents is 1. The summed E-state index contributed by atoms with van der Waals surface area (Å²) in [5.74, 6) is -0.561. The molecule has 1 saturated carbocycles. The molecular formula is C24H24N2O6. The molecule has 8 heteroatoms. The number of rotatable bonds is 6. The lowest BCUT2D eigenvalue weighted by atomic mass is 9.91. The Bertz CT molecular complexity index is 1070. The standard InChI is InChI=1S/C24H24N2O6/c1-31-17-13-11-15(12-14-17)20-21(18-9-5-6-10-19(18)26(29)30)24(28)32-22(20)23(27)25-16-7-3-2-4-8-16/h5-6,9-14,16,22H,2-4,7-8H2,1H3,(H,25,27). The topological polar surface area (TPSA) is 108 Å². The van der Waals surface area contributed by atoms with Crippen LogP contribution >= 0.6 is 0 Å². The minimum atomic E-state index is -1.19. The third-order valence-corrected chi connectivity index (χ3v) is 5.92. The van der Waals surface area contributed by atoms with E-state index in [9.17, 15) is 19.7 Å². The summed E-state index contributed by atoms with van der Waals surface area (Å²) in [6.45, 7) is 0. The minimum absolute atomic E-state index is 0.0298. The van der Waals surface area contributed by atoms with Crippen LogP contribution in [0.4, 0.5) is 5.69 Å². The van der Waals surface area contributed by atoms with Crippen LogP contribution in [0.15, 0.2) is 48.5 Å². The van der Waals surface area contributed by atoms with Gasteiger partial charge in [-0.2, -0.15) is 0 Å². The molecule has 166 valence electrons. The van der Waals surface area contributed by atoms with Crippen molar-refractivity contribution >= 4 is 28.7 Å². The number of carbonyl (C=O) groups excluding carboxylic acids is 2. The molecule has 1 N–H and O–H groups in total. The van der Waals surface area contributed by atoms with Crippen molar-refractivity contribution in [1.82, 2.24) is 5.32 Å². The fourth-order valence-corrected chi connectivity index (χ4v) is 4.34. The molecule has 4 rings (SSSR count). The highest BCUT2D eigenvalue weighted by Gasteiger charge is 2.42. The number of para-hydroxylation sites is 1. The first-order valence-corrected chi connectivity index (χ1v) is 10.6. The van der Waals surface area contributed by atoms with Crippen molar-refractivity contribution in [3.8, 4) is 5.75 Å². The summed E-state index contributed by atoms with van der Waals surface area (Å²) in [7, 11) is 1.54. The van der Waals surface area contributed by atoms with Crippen LogP contribution in [0.3, 0.4) is 0 Å². The van der Waals surface area contributed by atoms with E-state index in [0.717, 1.165) is 32.1 Å². The lowest BCUT2D eigenvalue weighted by molar-refractivity contribution is -0.385. The van der Waals surface area contributed by atoms with Crippen LogP contribution in [0.2, 0.25) is 0 Å². The lowest BCUT2D eigenvalue weighted by Gasteiger charge is -2.24. The van der Waals surface area contributed by atoms with Gasteiger partial charge in [-0.3, -0.25) is 14.9 Å². The van der Waals surface area contributed by atoms with Gasteiger partial charge in [-0.25, -0.2) is 4.79 Å². The Hall–Kier alpha value is -3.68. The molecule has 1 aliphatic carbocycles. The van der Waals surface area contributed by atoms with Crippen molar-refractivity contribution < 1.29 is 24.0 Å². The van der Waals surface area contributed by atoms with E-state index in [1.54, 1.807) is 30.3 Å². The van der Waals surface area contributed by atoms with Crippen molar-refractivity contribution in [3.05, 3.63) is 69.8 Å². The van der Waals surface area contributed by atoms with Gasteiger partial charge in [0.15, 0.2) is 0 Å². The Morgan fingerprint density at radius 2 is 1.78 bits per heavy atom. The van der Waals surface area contributed by atoms with E-state index in [2.05, 4.69) is 5.32 Å². The van der Waals surface area contributed by atoms with Crippen LogP contribution in [0, 0.1) is 10.1 Å². The molecule has 1 fully saturated rings.